The fraction of sp³-hybridized carbons (Fsp3) is 0.571. The summed E-state index contributed by atoms with van der Waals surface area (Å²) < 4.78 is 27.3. The number of nitrogens with one attached hydrogen (secondary N) is 1. The molecule has 0 atom stereocenters. The first-order chi connectivity index (χ1) is 8.66. The molecule has 1 N–H and O–H groups in total. The van der Waals surface area contributed by atoms with Gasteiger partial charge in [-0.25, -0.2) is 8.78 Å². The first-order valence-corrected chi connectivity index (χ1v) is 7.37. The Morgan fingerprint density at radius 3 is 2.22 bits per heavy atom. The smallest absolute Gasteiger partial charge is 0.147 e. The van der Waals surface area contributed by atoms with Gasteiger partial charge in [-0.05, 0) is 34.8 Å². The SMILES string of the molecule is Fc1cc(NC2CCCCCCC2)c(F)cc1Br. The standard InChI is InChI=1S/C14H18BrF2N/c15-11-8-13(17)14(9-12(11)16)18-10-6-4-2-1-3-5-7-10/h8-10,18H,1-7H2. The van der Waals surface area contributed by atoms with E-state index >= 15 is 0 Å². The van der Waals surface area contributed by atoms with Crippen LogP contribution >= 0.6 is 15.9 Å². The fourth-order valence-electron chi connectivity index (χ4n) is 2.45. The molecule has 4 heteroatoms. The summed E-state index contributed by atoms with van der Waals surface area (Å²) in [6.07, 6.45) is 8.20. The van der Waals surface area contributed by atoms with E-state index in [9.17, 15) is 8.78 Å². The van der Waals surface area contributed by atoms with Gasteiger partial charge in [0, 0.05) is 12.1 Å². The van der Waals surface area contributed by atoms with Gasteiger partial charge in [0.2, 0.25) is 0 Å². The van der Waals surface area contributed by atoms with E-state index in [1.165, 1.54) is 31.4 Å². The number of halogens is 3. The molecule has 0 bridgehead atoms. The van der Waals surface area contributed by atoms with Crippen LogP contribution in [0.4, 0.5) is 14.5 Å². The van der Waals surface area contributed by atoms with Gasteiger partial charge >= 0.3 is 0 Å². The zero-order valence-electron chi connectivity index (χ0n) is 10.3. The maximum atomic E-state index is 13.7. The second kappa shape index (κ2) is 6.50. The molecule has 0 saturated heterocycles. The minimum absolute atomic E-state index is 0.170. The Labute approximate surface area is 115 Å². The molecule has 0 unspecified atom stereocenters. The highest BCUT2D eigenvalue weighted by Crippen LogP contribution is 2.26. The predicted molar refractivity (Wildman–Crippen MR) is 73.8 cm³/mol. The van der Waals surface area contributed by atoms with Gasteiger partial charge in [-0.2, -0.15) is 0 Å². The van der Waals surface area contributed by atoms with Crippen molar-refractivity contribution >= 4 is 21.6 Å². The van der Waals surface area contributed by atoms with E-state index in [1.807, 2.05) is 0 Å². The number of hydrogen-bond acceptors (Lipinski definition) is 1. The van der Waals surface area contributed by atoms with E-state index in [1.54, 1.807) is 0 Å². The first-order valence-electron chi connectivity index (χ1n) is 6.58. The number of hydrogen-bond donors (Lipinski definition) is 1. The van der Waals surface area contributed by atoms with E-state index in [0.29, 0.717) is 0 Å². The molecule has 0 aliphatic heterocycles. The molecule has 1 aliphatic carbocycles. The molecule has 1 aromatic rings. The molecule has 1 fully saturated rings. The van der Waals surface area contributed by atoms with Gasteiger partial charge in [-0.1, -0.05) is 32.1 Å². The molecule has 18 heavy (non-hydrogen) atoms. The first kappa shape index (κ1) is 13.8. The van der Waals surface area contributed by atoms with E-state index < -0.39 is 11.6 Å². The summed E-state index contributed by atoms with van der Waals surface area (Å²) in [6.45, 7) is 0. The molecule has 0 amide bonds. The third-order valence-electron chi connectivity index (χ3n) is 3.47. The monoisotopic (exact) mass is 317 g/mol. The van der Waals surface area contributed by atoms with Crippen molar-refractivity contribution in [3.05, 3.63) is 28.2 Å². The van der Waals surface area contributed by atoms with Crippen molar-refractivity contribution in [2.45, 2.75) is 51.0 Å². The highest BCUT2D eigenvalue weighted by atomic mass is 79.9. The lowest BCUT2D eigenvalue weighted by atomic mass is 9.96. The van der Waals surface area contributed by atoms with Gasteiger partial charge in [-0.3, -0.25) is 0 Å². The van der Waals surface area contributed by atoms with Crippen LogP contribution in [-0.2, 0) is 0 Å². The maximum Gasteiger partial charge on any atom is 0.147 e. The molecule has 0 radical (unpaired) electrons. The second-order valence-corrected chi connectivity index (χ2v) is 5.79. The zero-order chi connectivity index (χ0) is 13.0. The molecule has 0 heterocycles. The van der Waals surface area contributed by atoms with Crippen molar-refractivity contribution in [3.63, 3.8) is 0 Å². The fourth-order valence-corrected chi connectivity index (χ4v) is 2.77. The van der Waals surface area contributed by atoms with E-state index in [2.05, 4.69) is 21.2 Å². The number of rotatable bonds is 2. The number of anilines is 1. The molecule has 1 aliphatic rings. The van der Waals surface area contributed by atoms with E-state index in [4.69, 9.17) is 0 Å². The van der Waals surface area contributed by atoms with Crippen LogP contribution in [0.3, 0.4) is 0 Å². The van der Waals surface area contributed by atoms with Gasteiger partial charge in [-0.15, -0.1) is 0 Å². The lowest BCUT2D eigenvalue weighted by Crippen LogP contribution is -2.21. The van der Waals surface area contributed by atoms with Crippen LogP contribution < -0.4 is 5.32 Å². The van der Waals surface area contributed by atoms with Crippen molar-refractivity contribution in [2.75, 3.05) is 5.32 Å². The lowest BCUT2D eigenvalue weighted by molar-refractivity contribution is 0.469. The normalized spacial score (nSPS) is 18.2. The quantitative estimate of drug-likeness (QED) is 0.734. The summed E-state index contributed by atoms with van der Waals surface area (Å²) in [5, 5.41) is 3.15. The van der Waals surface area contributed by atoms with Crippen LogP contribution in [0.5, 0.6) is 0 Å². The summed E-state index contributed by atoms with van der Waals surface area (Å²) in [5.74, 6) is -0.824. The van der Waals surface area contributed by atoms with Crippen LogP contribution in [0.15, 0.2) is 16.6 Å². The Bertz CT molecular complexity index is 401. The molecule has 1 saturated carbocycles. The van der Waals surface area contributed by atoms with Crippen molar-refractivity contribution in [1.82, 2.24) is 0 Å². The minimum atomic E-state index is -0.426. The van der Waals surface area contributed by atoms with Gasteiger partial charge < -0.3 is 5.32 Å². The van der Waals surface area contributed by atoms with Crippen molar-refractivity contribution in [1.29, 1.82) is 0 Å². The molecular formula is C14H18BrF2N. The van der Waals surface area contributed by atoms with Crippen LogP contribution in [0.25, 0.3) is 0 Å². The Hall–Kier alpha value is -0.640. The van der Waals surface area contributed by atoms with Gasteiger partial charge in [0.15, 0.2) is 0 Å². The van der Waals surface area contributed by atoms with Gasteiger partial charge in [0.1, 0.15) is 11.6 Å². The van der Waals surface area contributed by atoms with Crippen molar-refractivity contribution in [2.24, 2.45) is 0 Å². The Kier molecular flexibility index (Phi) is 4.98. The zero-order valence-corrected chi connectivity index (χ0v) is 11.9. The maximum absolute atomic E-state index is 13.7. The summed E-state index contributed by atoms with van der Waals surface area (Å²) >= 11 is 2.99. The van der Waals surface area contributed by atoms with Crippen molar-refractivity contribution in [3.8, 4) is 0 Å². The Morgan fingerprint density at radius 2 is 1.56 bits per heavy atom. The third kappa shape index (κ3) is 3.67. The van der Waals surface area contributed by atoms with E-state index in [0.717, 1.165) is 25.7 Å². The van der Waals surface area contributed by atoms with Crippen LogP contribution in [-0.4, -0.2) is 6.04 Å². The van der Waals surface area contributed by atoms with Gasteiger partial charge in [0.05, 0.1) is 10.2 Å². The van der Waals surface area contributed by atoms with Crippen molar-refractivity contribution < 1.29 is 8.78 Å². The molecule has 1 aromatic carbocycles. The van der Waals surface area contributed by atoms with Crippen LogP contribution in [0.1, 0.15) is 44.9 Å². The molecule has 100 valence electrons. The summed E-state index contributed by atoms with van der Waals surface area (Å²) in [6, 6.07) is 2.68. The third-order valence-corrected chi connectivity index (χ3v) is 4.08. The molecule has 0 spiro atoms. The number of benzene rings is 1. The average molecular weight is 318 g/mol. The summed E-state index contributed by atoms with van der Waals surface area (Å²) in [7, 11) is 0. The molecule has 2 rings (SSSR count). The predicted octanol–water partition coefficient (Wildman–Crippen LogP) is 5.25. The Balaban J connectivity index is 2.05. The summed E-state index contributed by atoms with van der Waals surface area (Å²) in [5.41, 5.74) is 0.279. The Morgan fingerprint density at radius 1 is 0.944 bits per heavy atom. The van der Waals surface area contributed by atoms with Crippen LogP contribution in [0, 0.1) is 11.6 Å². The topological polar surface area (TPSA) is 12.0 Å². The molecule has 1 nitrogen and oxygen atoms in total. The lowest BCUT2D eigenvalue weighted by Gasteiger charge is -2.22. The van der Waals surface area contributed by atoms with Crippen LogP contribution in [0.2, 0.25) is 0 Å². The second-order valence-electron chi connectivity index (χ2n) is 4.93. The van der Waals surface area contributed by atoms with E-state index in [-0.39, 0.29) is 16.2 Å². The largest absolute Gasteiger partial charge is 0.380 e. The highest BCUT2D eigenvalue weighted by Gasteiger charge is 2.14. The van der Waals surface area contributed by atoms with Gasteiger partial charge in [0.25, 0.3) is 0 Å². The highest BCUT2D eigenvalue weighted by molar-refractivity contribution is 9.10. The molecular weight excluding hydrogens is 300 g/mol. The average Bonchev–Trinajstić information content (AvgIpc) is 2.29. The summed E-state index contributed by atoms with van der Waals surface area (Å²) in [4.78, 5) is 0. The molecule has 0 aromatic heterocycles. The minimum Gasteiger partial charge on any atom is -0.380 e.